The van der Waals surface area contributed by atoms with Crippen molar-refractivity contribution in [3.8, 4) is 6.07 Å². The van der Waals surface area contributed by atoms with E-state index in [1.54, 1.807) is 6.07 Å². The average Bonchev–Trinajstić information content (AvgIpc) is 1.99. The van der Waals surface area contributed by atoms with Crippen molar-refractivity contribution >= 4 is 0 Å². The number of hydrogen-bond acceptors (Lipinski definition) is 3. The van der Waals surface area contributed by atoms with Crippen molar-refractivity contribution in [3.63, 3.8) is 0 Å². The van der Waals surface area contributed by atoms with Crippen LogP contribution in [0.5, 0.6) is 0 Å². The Kier molecular flexibility index (Phi) is 3.85. The molecular weight excluding hydrogens is 183 g/mol. The molecule has 0 atom stereocenters. The van der Waals surface area contributed by atoms with Crippen LogP contribution in [0.4, 0.5) is 13.2 Å². The Morgan fingerprint density at radius 3 is 2.23 bits per heavy atom. The van der Waals surface area contributed by atoms with E-state index in [0.29, 0.717) is 6.08 Å². The fourth-order valence-corrected chi connectivity index (χ4v) is 0.442. The summed E-state index contributed by atoms with van der Waals surface area (Å²) < 4.78 is 35.3. The van der Waals surface area contributed by atoms with Gasteiger partial charge in [-0.05, 0) is 12.2 Å². The van der Waals surface area contributed by atoms with Crippen molar-refractivity contribution in [1.82, 2.24) is 0 Å². The molecule has 0 saturated carbocycles. The van der Waals surface area contributed by atoms with Crippen LogP contribution in [0, 0.1) is 11.3 Å². The van der Waals surface area contributed by atoms with E-state index in [0.717, 1.165) is 6.08 Å². The standard InChI is InChI=1S/C7H8F3N3/c8-7(9,10)6(13)2-1-5(12)3-4-11/h1-2H,3,12-13H2/b5-1-,6-2-. The molecule has 72 valence electrons. The van der Waals surface area contributed by atoms with E-state index in [1.807, 2.05) is 0 Å². The largest absolute Gasteiger partial charge is 0.430 e. The zero-order chi connectivity index (χ0) is 10.5. The van der Waals surface area contributed by atoms with E-state index in [4.69, 9.17) is 11.0 Å². The van der Waals surface area contributed by atoms with Crippen LogP contribution >= 0.6 is 0 Å². The van der Waals surface area contributed by atoms with Crippen LogP contribution in [0.25, 0.3) is 0 Å². The van der Waals surface area contributed by atoms with Gasteiger partial charge in [0.25, 0.3) is 0 Å². The Balaban J connectivity index is 4.44. The van der Waals surface area contributed by atoms with Crippen LogP contribution in [0.3, 0.4) is 0 Å². The number of nitrogens with two attached hydrogens (primary N) is 2. The summed E-state index contributed by atoms with van der Waals surface area (Å²) >= 11 is 0. The summed E-state index contributed by atoms with van der Waals surface area (Å²) in [6, 6.07) is 1.69. The van der Waals surface area contributed by atoms with E-state index in [-0.39, 0.29) is 12.1 Å². The first-order valence-corrected chi connectivity index (χ1v) is 3.24. The lowest BCUT2D eigenvalue weighted by Gasteiger charge is -2.04. The molecule has 0 aromatic carbocycles. The molecule has 0 saturated heterocycles. The molecule has 0 aliphatic heterocycles. The van der Waals surface area contributed by atoms with Gasteiger partial charge in [0, 0.05) is 5.70 Å². The highest BCUT2D eigenvalue weighted by Gasteiger charge is 2.30. The molecule has 6 heteroatoms. The van der Waals surface area contributed by atoms with Crippen molar-refractivity contribution in [2.45, 2.75) is 12.6 Å². The highest BCUT2D eigenvalue weighted by atomic mass is 19.4. The minimum Gasteiger partial charge on any atom is -0.401 e. The first-order valence-electron chi connectivity index (χ1n) is 3.24. The van der Waals surface area contributed by atoms with Gasteiger partial charge in [0.1, 0.15) is 5.70 Å². The predicted molar refractivity (Wildman–Crippen MR) is 40.8 cm³/mol. The Bertz CT molecular complexity index is 270. The van der Waals surface area contributed by atoms with Gasteiger partial charge in [0.05, 0.1) is 12.5 Å². The van der Waals surface area contributed by atoms with Gasteiger partial charge in [-0.1, -0.05) is 0 Å². The maximum atomic E-state index is 11.8. The zero-order valence-electron chi connectivity index (χ0n) is 6.60. The van der Waals surface area contributed by atoms with E-state index in [2.05, 4.69) is 5.73 Å². The monoisotopic (exact) mass is 191 g/mol. The van der Waals surface area contributed by atoms with Crippen molar-refractivity contribution in [3.05, 3.63) is 23.5 Å². The Morgan fingerprint density at radius 1 is 1.31 bits per heavy atom. The van der Waals surface area contributed by atoms with Crippen molar-refractivity contribution in [2.24, 2.45) is 11.5 Å². The average molecular weight is 191 g/mol. The third-order valence-corrected chi connectivity index (χ3v) is 1.09. The number of rotatable bonds is 2. The molecule has 0 bridgehead atoms. The van der Waals surface area contributed by atoms with Gasteiger partial charge in [-0.2, -0.15) is 18.4 Å². The van der Waals surface area contributed by atoms with E-state index in [1.165, 1.54) is 0 Å². The van der Waals surface area contributed by atoms with Crippen LogP contribution in [0.2, 0.25) is 0 Å². The molecule has 0 amide bonds. The lowest BCUT2D eigenvalue weighted by molar-refractivity contribution is -0.0926. The maximum Gasteiger partial charge on any atom is 0.430 e. The van der Waals surface area contributed by atoms with Gasteiger partial charge in [0.2, 0.25) is 0 Å². The second kappa shape index (κ2) is 4.40. The number of hydrogen-bond donors (Lipinski definition) is 2. The van der Waals surface area contributed by atoms with E-state index < -0.39 is 11.9 Å². The molecule has 0 aromatic rings. The fraction of sp³-hybridized carbons (Fsp3) is 0.286. The maximum absolute atomic E-state index is 11.8. The first kappa shape index (κ1) is 11.4. The molecule has 13 heavy (non-hydrogen) atoms. The summed E-state index contributed by atoms with van der Waals surface area (Å²) in [5.41, 5.74) is 8.59. The summed E-state index contributed by atoms with van der Waals surface area (Å²) in [4.78, 5) is 0. The molecule has 0 radical (unpaired) electrons. The molecule has 3 nitrogen and oxygen atoms in total. The third-order valence-electron chi connectivity index (χ3n) is 1.09. The van der Waals surface area contributed by atoms with Gasteiger partial charge in [0.15, 0.2) is 0 Å². The minimum atomic E-state index is -4.55. The van der Waals surface area contributed by atoms with Gasteiger partial charge >= 0.3 is 6.18 Å². The van der Waals surface area contributed by atoms with Crippen molar-refractivity contribution < 1.29 is 13.2 Å². The number of nitriles is 1. The Hall–Kier alpha value is -1.64. The van der Waals surface area contributed by atoms with Gasteiger partial charge in [-0.3, -0.25) is 0 Å². The molecule has 4 N–H and O–H groups in total. The second-order valence-corrected chi connectivity index (χ2v) is 2.20. The van der Waals surface area contributed by atoms with E-state index >= 15 is 0 Å². The fourth-order valence-electron chi connectivity index (χ4n) is 0.442. The SMILES string of the molecule is N#CC/C(N)=C/C=C(\N)C(F)(F)F. The molecule has 0 aromatic heterocycles. The van der Waals surface area contributed by atoms with Gasteiger partial charge in [-0.15, -0.1) is 0 Å². The Labute approximate surface area is 73.1 Å². The molecule has 0 aliphatic rings. The molecule has 0 spiro atoms. The van der Waals surface area contributed by atoms with Gasteiger partial charge in [-0.25, -0.2) is 0 Å². The molecule has 0 heterocycles. The lowest BCUT2D eigenvalue weighted by atomic mass is 10.3. The quantitative estimate of drug-likeness (QED) is 0.642. The molecule has 0 aliphatic carbocycles. The highest BCUT2D eigenvalue weighted by Crippen LogP contribution is 2.21. The third kappa shape index (κ3) is 4.74. The topological polar surface area (TPSA) is 75.8 Å². The van der Waals surface area contributed by atoms with Crippen LogP contribution < -0.4 is 11.5 Å². The van der Waals surface area contributed by atoms with Gasteiger partial charge < -0.3 is 11.5 Å². The zero-order valence-corrected chi connectivity index (χ0v) is 6.60. The Morgan fingerprint density at radius 2 is 1.85 bits per heavy atom. The molecule has 0 unspecified atom stereocenters. The minimum absolute atomic E-state index is 0.0368. The summed E-state index contributed by atoms with van der Waals surface area (Å²) in [5, 5.41) is 8.12. The summed E-state index contributed by atoms with van der Waals surface area (Å²) in [6.45, 7) is 0. The number of alkyl halides is 3. The van der Waals surface area contributed by atoms with Crippen LogP contribution in [-0.4, -0.2) is 6.18 Å². The van der Waals surface area contributed by atoms with Crippen LogP contribution in [-0.2, 0) is 0 Å². The number of nitrogens with zero attached hydrogens (tertiary/aromatic N) is 1. The van der Waals surface area contributed by atoms with Crippen LogP contribution in [0.15, 0.2) is 23.5 Å². The highest BCUT2D eigenvalue weighted by molar-refractivity contribution is 5.18. The smallest absolute Gasteiger partial charge is 0.401 e. The molecule has 0 fully saturated rings. The molecular formula is C7H8F3N3. The normalized spacial score (nSPS) is 14.0. The van der Waals surface area contributed by atoms with Crippen LogP contribution in [0.1, 0.15) is 6.42 Å². The molecule has 0 rings (SSSR count). The number of allylic oxidation sites excluding steroid dienone is 4. The lowest BCUT2D eigenvalue weighted by Crippen LogP contribution is -2.19. The summed E-state index contributed by atoms with van der Waals surface area (Å²) in [5.74, 6) is 0. The summed E-state index contributed by atoms with van der Waals surface area (Å²) in [7, 11) is 0. The predicted octanol–water partition coefficient (Wildman–Crippen LogP) is 1.15. The van der Waals surface area contributed by atoms with E-state index in [9.17, 15) is 13.2 Å². The second-order valence-electron chi connectivity index (χ2n) is 2.20. The van der Waals surface area contributed by atoms with Crippen molar-refractivity contribution in [2.75, 3.05) is 0 Å². The van der Waals surface area contributed by atoms with Crippen molar-refractivity contribution in [1.29, 1.82) is 5.26 Å². The first-order chi connectivity index (χ1) is 5.88. The summed E-state index contributed by atoms with van der Waals surface area (Å²) in [6.07, 6.45) is -3.08. The number of halogens is 3.